The Kier molecular flexibility index (Phi) is 3.90. The molecule has 0 aliphatic carbocycles. The molecule has 4 aromatic carbocycles. The highest BCUT2D eigenvalue weighted by Crippen LogP contribution is 2.38. The number of fused-ring (bicyclic) bond motifs is 1. The number of nitrogens with one attached hydrogen (secondary N) is 2. The van der Waals surface area contributed by atoms with Crippen molar-refractivity contribution in [3.05, 3.63) is 72.8 Å². The van der Waals surface area contributed by atoms with E-state index in [1.165, 1.54) is 27.2 Å². The molecule has 0 bridgehead atoms. The Morgan fingerprint density at radius 2 is 1.43 bits per heavy atom. The van der Waals surface area contributed by atoms with Gasteiger partial charge in [-0.05, 0) is 35.0 Å². The standard InChI is InChI=1S/C24H22N4/c1-25-18-11-3-7-16-8-4-12-19(23(16)18)26-15-22-27-20-13-5-9-17-10-6-14-21(24(17)20)28(22)2/h3-14,25-26H,15H2,1-2H3. The Bertz CT molecular complexity index is 1220. The smallest absolute Gasteiger partial charge is 0.128 e. The van der Waals surface area contributed by atoms with Crippen LogP contribution in [0.5, 0.6) is 0 Å². The molecule has 4 aromatic rings. The maximum Gasteiger partial charge on any atom is 0.128 e. The molecule has 0 unspecified atom stereocenters. The summed E-state index contributed by atoms with van der Waals surface area (Å²) in [4.78, 5) is 7.13. The molecular weight excluding hydrogens is 344 g/mol. The van der Waals surface area contributed by atoms with Crippen molar-refractivity contribution in [3.63, 3.8) is 0 Å². The number of hydrogen-bond acceptors (Lipinski definition) is 4. The van der Waals surface area contributed by atoms with Crippen LogP contribution < -0.4 is 15.5 Å². The van der Waals surface area contributed by atoms with E-state index in [1.807, 2.05) is 7.05 Å². The maximum atomic E-state index is 4.95. The molecule has 0 saturated heterocycles. The lowest BCUT2D eigenvalue weighted by molar-refractivity contribution is 1.19. The Balaban J connectivity index is 1.52. The van der Waals surface area contributed by atoms with E-state index in [9.17, 15) is 0 Å². The first-order valence-electron chi connectivity index (χ1n) is 9.52. The fraction of sp³-hybridized carbons (Fsp3) is 0.125. The normalized spacial score (nSPS) is 12.9. The molecule has 1 aliphatic heterocycles. The van der Waals surface area contributed by atoms with Crippen LogP contribution in [0.2, 0.25) is 0 Å². The second-order valence-corrected chi connectivity index (χ2v) is 7.05. The van der Waals surface area contributed by atoms with Gasteiger partial charge in [-0.25, -0.2) is 4.99 Å². The molecule has 0 radical (unpaired) electrons. The number of hydrogen-bond donors (Lipinski definition) is 2. The van der Waals surface area contributed by atoms with E-state index in [4.69, 9.17) is 4.99 Å². The second kappa shape index (κ2) is 6.57. The second-order valence-electron chi connectivity index (χ2n) is 7.05. The molecule has 5 rings (SSSR count). The molecule has 1 aliphatic rings. The molecule has 28 heavy (non-hydrogen) atoms. The third-order valence-corrected chi connectivity index (χ3v) is 5.47. The minimum Gasteiger partial charge on any atom is -0.388 e. The molecule has 2 N–H and O–H groups in total. The fourth-order valence-electron chi connectivity index (χ4n) is 4.06. The predicted octanol–water partition coefficient (Wildman–Crippen LogP) is 5.63. The van der Waals surface area contributed by atoms with Crippen molar-refractivity contribution in [2.45, 2.75) is 0 Å². The zero-order chi connectivity index (χ0) is 19.1. The summed E-state index contributed by atoms with van der Waals surface area (Å²) < 4.78 is 0. The fourth-order valence-corrected chi connectivity index (χ4v) is 4.06. The summed E-state index contributed by atoms with van der Waals surface area (Å²) in [6.07, 6.45) is 0. The van der Waals surface area contributed by atoms with Crippen LogP contribution in [-0.4, -0.2) is 26.5 Å². The van der Waals surface area contributed by atoms with E-state index in [2.05, 4.69) is 95.4 Å². The van der Waals surface area contributed by atoms with Gasteiger partial charge in [-0.2, -0.15) is 0 Å². The van der Waals surface area contributed by atoms with Gasteiger partial charge in [-0.3, -0.25) is 0 Å². The van der Waals surface area contributed by atoms with Crippen LogP contribution in [-0.2, 0) is 0 Å². The van der Waals surface area contributed by atoms with Gasteiger partial charge in [-0.15, -0.1) is 0 Å². The van der Waals surface area contributed by atoms with Gasteiger partial charge < -0.3 is 15.5 Å². The van der Waals surface area contributed by atoms with Crippen molar-refractivity contribution in [2.24, 2.45) is 4.99 Å². The van der Waals surface area contributed by atoms with Crippen LogP contribution in [0, 0.1) is 0 Å². The van der Waals surface area contributed by atoms with Gasteiger partial charge in [0.2, 0.25) is 0 Å². The van der Waals surface area contributed by atoms with Gasteiger partial charge in [0.15, 0.2) is 0 Å². The summed E-state index contributed by atoms with van der Waals surface area (Å²) in [6.45, 7) is 0.651. The number of anilines is 3. The lowest BCUT2D eigenvalue weighted by atomic mass is 10.0. The van der Waals surface area contributed by atoms with Crippen molar-refractivity contribution in [1.29, 1.82) is 0 Å². The Morgan fingerprint density at radius 3 is 2.18 bits per heavy atom. The molecule has 0 amide bonds. The highest BCUT2D eigenvalue weighted by molar-refractivity contribution is 6.16. The van der Waals surface area contributed by atoms with Crippen LogP contribution in [0.15, 0.2) is 77.8 Å². The van der Waals surface area contributed by atoms with E-state index in [0.717, 1.165) is 22.9 Å². The van der Waals surface area contributed by atoms with Gasteiger partial charge in [0.1, 0.15) is 5.84 Å². The first kappa shape index (κ1) is 16.6. The van der Waals surface area contributed by atoms with Crippen molar-refractivity contribution in [1.82, 2.24) is 0 Å². The zero-order valence-corrected chi connectivity index (χ0v) is 16.0. The third-order valence-electron chi connectivity index (χ3n) is 5.47. The summed E-state index contributed by atoms with van der Waals surface area (Å²) in [7, 11) is 4.05. The summed E-state index contributed by atoms with van der Waals surface area (Å²) in [6, 6.07) is 25.4. The molecule has 1 heterocycles. The third kappa shape index (κ3) is 2.57. The topological polar surface area (TPSA) is 39.7 Å². The quantitative estimate of drug-likeness (QED) is 0.492. The number of benzene rings is 4. The minimum atomic E-state index is 0.651. The molecule has 0 saturated carbocycles. The SMILES string of the molecule is CNc1cccc2cccc(NCC3=Nc4cccc5cccc(c45)N3C)c12. The van der Waals surface area contributed by atoms with Gasteiger partial charge in [-0.1, -0.05) is 48.5 Å². The van der Waals surface area contributed by atoms with Crippen molar-refractivity contribution < 1.29 is 0 Å². The number of nitrogens with zero attached hydrogens (tertiary/aromatic N) is 2. The Morgan fingerprint density at radius 1 is 0.786 bits per heavy atom. The highest BCUT2D eigenvalue weighted by atomic mass is 15.2. The highest BCUT2D eigenvalue weighted by Gasteiger charge is 2.19. The van der Waals surface area contributed by atoms with Gasteiger partial charge in [0.05, 0.1) is 17.9 Å². The summed E-state index contributed by atoms with van der Waals surface area (Å²) >= 11 is 0. The lowest BCUT2D eigenvalue weighted by Gasteiger charge is -2.28. The molecule has 0 aromatic heterocycles. The first-order chi connectivity index (χ1) is 13.8. The number of rotatable bonds is 4. The van der Waals surface area contributed by atoms with E-state index in [1.54, 1.807) is 0 Å². The van der Waals surface area contributed by atoms with Crippen LogP contribution in [0.25, 0.3) is 21.5 Å². The molecule has 138 valence electrons. The van der Waals surface area contributed by atoms with E-state index in [-0.39, 0.29) is 0 Å². The van der Waals surface area contributed by atoms with Gasteiger partial charge in [0, 0.05) is 36.2 Å². The average Bonchev–Trinajstić information content (AvgIpc) is 2.74. The largest absolute Gasteiger partial charge is 0.388 e. The Hall–Kier alpha value is -3.53. The zero-order valence-electron chi connectivity index (χ0n) is 16.0. The van der Waals surface area contributed by atoms with E-state index < -0.39 is 0 Å². The van der Waals surface area contributed by atoms with Gasteiger partial charge >= 0.3 is 0 Å². The van der Waals surface area contributed by atoms with E-state index >= 15 is 0 Å². The molecule has 0 fully saturated rings. The van der Waals surface area contributed by atoms with Gasteiger partial charge in [0.25, 0.3) is 0 Å². The molecule has 0 spiro atoms. The van der Waals surface area contributed by atoms with Crippen LogP contribution in [0.4, 0.5) is 22.7 Å². The molecule has 4 heteroatoms. The molecule has 0 atom stereocenters. The van der Waals surface area contributed by atoms with Crippen LogP contribution in [0.3, 0.4) is 0 Å². The molecule has 4 nitrogen and oxygen atoms in total. The summed E-state index contributed by atoms with van der Waals surface area (Å²) in [5.74, 6) is 1.00. The van der Waals surface area contributed by atoms with Crippen LogP contribution in [0.1, 0.15) is 0 Å². The lowest BCUT2D eigenvalue weighted by Crippen LogP contribution is -2.33. The first-order valence-corrected chi connectivity index (χ1v) is 9.52. The summed E-state index contributed by atoms with van der Waals surface area (Å²) in [5, 5.41) is 11.8. The number of likely N-dealkylation sites (N-methyl/N-ethyl adjacent to an activating group) is 1. The number of amidine groups is 1. The van der Waals surface area contributed by atoms with Crippen molar-refractivity contribution >= 4 is 50.1 Å². The van der Waals surface area contributed by atoms with E-state index in [0.29, 0.717) is 6.54 Å². The van der Waals surface area contributed by atoms with Crippen LogP contribution >= 0.6 is 0 Å². The molecular formula is C24H22N4. The summed E-state index contributed by atoms with van der Waals surface area (Å²) in [5.41, 5.74) is 4.47. The maximum absolute atomic E-state index is 4.95. The van der Waals surface area contributed by atoms with Crippen molar-refractivity contribution in [3.8, 4) is 0 Å². The van der Waals surface area contributed by atoms with Crippen molar-refractivity contribution in [2.75, 3.05) is 36.2 Å². The Labute approximate surface area is 164 Å². The number of aliphatic imine (C=N–C) groups is 1. The monoisotopic (exact) mass is 366 g/mol. The predicted molar refractivity (Wildman–Crippen MR) is 121 cm³/mol. The minimum absolute atomic E-state index is 0.651. The average molecular weight is 366 g/mol.